The minimum atomic E-state index is 0.0547. The number of rotatable bonds is 7. The monoisotopic (exact) mass is 230 g/mol. The summed E-state index contributed by atoms with van der Waals surface area (Å²) in [6, 6.07) is 0. The number of unbranched alkanes of at least 4 members (excludes halogenated alkanes) is 1. The summed E-state index contributed by atoms with van der Waals surface area (Å²) >= 11 is 0. The van der Waals surface area contributed by atoms with E-state index in [1.54, 1.807) is 0 Å². The molecule has 94 valence electrons. The second-order valence-corrected chi connectivity index (χ2v) is 4.33. The molecule has 0 amide bonds. The molecule has 0 aromatic heterocycles. The quantitative estimate of drug-likeness (QED) is 0.627. The van der Waals surface area contributed by atoms with E-state index in [0.717, 1.165) is 65.0 Å². The zero-order valence-electron chi connectivity index (χ0n) is 9.86. The molecule has 2 aliphatic heterocycles. The van der Waals surface area contributed by atoms with Crippen LogP contribution in [-0.4, -0.2) is 39.0 Å². The highest BCUT2D eigenvalue weighted by Gasteiger charge is 2.16. The van der Waals surface area contributed by atoms with Crippen LogP contribution >= 0.6 is 0 Å². The van der Waals surface area contributed by atoms with Crippen molar-refractivity contribution < 1.29 is 18.9 Å². The fourth-order valence-corrected chi connectivity index (χ4v) is 1.99. The normalized spacial score (nSPS) is 30.0. The highest BCUT2D eigenvalue weighted by Crippen LogP contribution is 2.15. The van der Waals surface area contributed by atoms with Gasteiger partial charge in [0.15, 0.2) is 12.6 Å². The smallest absolute Gasteiger partial charge is 0.157 e. The molecule has 0 aromatic carbocycles. The van der Waals surface area contributed by atoms with Crippen molar-refractivity contribution in [3.63, 3.8) is 0 Å². The summed E-state index contributed by atoms with van der Waals surface area (Å²) < 4.78 is 21.9. The van der Waals surface area contributed by atoms with E-state index in [4.69, 9.17) is 18.9 Å². The highest BCUT2D eigenvalue weighted by atomic mass is 16.7. The summed E-state index contributed by atoms with van der Waals surface area (Å²) in [5, 5.41) is 0. The maximum Gasteiger partial charge on any atom is 0.157 e. The van der Waals surface area contributed by atoms with E-state index in [-0.39, 0.29) is 12.6 Å². The fourth-order valence-electron chi connectivity index (χ4n) is 1.99. The number of hydrogen-bond donors (Lipinski definition) is 0. The van der Waals surface area contributed by atoms with E-state index in [1.807, 2.05) is 0 Å². The topological polar surface area (TPSA) is 36.9 Å². The Morgan fingerprint density at radius 3 is 1.69 bits per heavy atom. The Balaban J connectivity index is 1.37. The van der Waals surface area contributed by atoms with Crippen molar-refractivity contribution in [2.45, 2.75) is 51.1 Å². The van der Waals surface area contributed by atoms with Gasteiger partial charge in [-0.2, -0.15) is 0 Å². The van der Waals surface area contributed by atoms with E-state index in [2.05, 4.69) is 0 Å². The van der Waals surface area contributed by atoms with E-state index in [9.17, 15) is 0 Å². The zero-order valence-corrected chi connectivity index (χ0v) is 9.86. The van der Waals surface area contributed by atoms with E-state index < -0.39 is 0 Å². The summed E-state index contributed by atoms with van der Waals surface area (Å²) in [5.74, 6) is 0. The summed E-state index contributed by atoms with van der Waals surface area (Å²) in [7, 11) is 0. The highest BCUT2D eigenvalue weighted by molar-refractivity contribution is 4.55. The summed E-state index contributed by atoms with van der Waals surface area (Å²) in [5.41, 5.74) is 0. The molecule has 16 heavy (non-hydrogen) atoms. The van der Waals surface area contributed by atoms with Crippen LogP contribution in [0.15, 0.2) is 0 Å². The van der Waals surface area contributed by atoms with Gasteiger partial charge in [0.2, 0.25) is 0 Å². The molecule has 2 saturated heterocycles. The third-order valence-electron chi connectivity index (χ3n) is 2.92. The maximum absolute atomic E-state index is 5.57. The molecule has 2 heterocycles. The molecule has 0 radical (unpaired) electrons. The van der Waals surface area contributed by atoms with Crippen LogP contribution in [0.2, 0.25) is 0 Å². The van der Waals surface area contributed by atoms with Crippen molar-refractivity contribution in [3.8, 4) is 0 Å². The van der Waals surface area contributed by atoms with Crippen LogP contribution in [0, 0.1) is 0 Å². The lowest BCUT2D eigenvalue weighted by atomic mass is 10.3. The zero-order chi connectivity index (χ0) is 11.1. The maximum atomic E-state index is 5.57. The standard InChI is InChI=1S/C12H22O4/c1(7-13-11-5-3-9-15-11)2-8-14-12-6-4-10-16-12/h11-12H,1-10H2/t11-,12+. The third-order valence-corrected chi connectivity index (χ3v) is 2.92. The lowest BCUT2D eigenvalue weighted by Crippen LogP contribution is -2.13. The van der Waals surface area contributed by atoms with Crippen LogP contribution in [0.5, 0.6) is 0 Å². The van der Waals surface area contributed by atoms with Gasteiger partial charge < -0.3 is 18.9 Å². The molecule has 0 unspecified atom stereocenters. The molecular weight excluding hydrogens is 208 g/mol. The van der Waals surface area contributed by atoms with E-state index in [1.165, 1.54) is 0 Å². The molecule has 0 N–H and O–H groups in total. The van der Waals surface area contributed by atoms with Crippen LogP contribution in [0.4, 0.5) is 0 Å². The first-order chi connectivity index (χ1) is 7.95. The van der Waals surface area contributed by atoms with Gasteiger partial charge in [0.05, 0.1) is 0 Å². The average molecular weight is 230 g/mol. The molecular formula is C12H22O4. The lowest BCUT2D eigenvalue weighted by molar-refractivity contribution is -0.121. The van der Waals surface area contributed by atoms with Gasteiger partial charge in [-0.25, -0.2) is 0 Å². The SMILES string of the molecule is C(CCO[C@@H]1CCCO1)CO[C@H]1CCCO1. The Morgan fingerprint density at radius 1 is 0.812 bits per heavy atom. The van der Waals surface area contributed by atoms with Gasteiger partial charge in [0, 0.05) is 39.3 Å². The van der Waals surface area contributed by atoms with Gasteiger partial charge in [0.25, 0.3) is 0 Å². The minimum absolute atomic E-state index is 0.0547. The van der Waals surface area contributed by atoms with Crippen molar-refractivity contribution in [3.05, 3.63) is 0 Å². The van der Waals surface area contributed by atoms with E-state index >= 15 is 0 Å². The predicted molar refractivity (Wildman–Crippen MR) is 59.1 cm³/mol. The third kappa shape index (κ3) is 4.37. The van der Waals surface area contributed by atoms with E-state index in [0.29, 0.717) is 0 Å². The van der Waals surface area contributed by atoms with Crippen molar-refractivity contribution in [1.29, 1.82) is 0 Å². The predicted octanol–water partition coefficient (Wildman–Crippen LogP) is 2.07. The van der Waals surface area contributed by atoms with Crippen LogP contribution < -0.4 is 0 Å². The molecule has 0 bridgehead atoms. The second kappa shape index (κ2) is 7.22. The van der Waals surface area contributed by atoms with Gasteiger partial charge in [-0.15, -0.1) is 0 Å². The first-order valence-electron chi connectivity index (χ1n) is 6.41. The van der Waals surface area contributed by atoms with Crippen molar-refractivity contribution in [2.24, 2.45) is 0 Å². The Bertz CT molecular complexity index is 154. The summed E-state index contributed by atoms with van der Waals surface area (Å²) in [6.07, 6.45) is 6.54. The molecule has 0 spiro atoms. The van der Waals surface area contributed by atoms with Crippen LogP contribution in [-0.2, 0) is 18.9 Å². The van der Waals surface area contributed by atoms with Gasteiger partial charge in [0.1, 0.15) is 0 Å². The molecule has 0 aliphatic carbocycles. The molecule has 0 aromatic rings. The average Bonchev–Trinajstić information content (AvgIpc) is 2.96. The molecule has 0 saturated carbocycles. The van der Waals surface area contributed by atoms with Crippen LogP contribution in [0.1, 0.15) is 38.5 Å². The lowest BCUT2D eigenvalue weighted by Gasteiger charge is -2.12. The molecule has 2 atom stereocenters. The molecule has 4 nitrogen and oxygen atoms in total. The van der Waals surface area contributed by atoms with Gasteiger partial charge in [-0.3, -0.25) is 0 Å². The Labute approximate surface area is 97.2 Å². The van der Waals surface area contributed by atoms with Crippen LogP contribution in [0.25, 0.3) is 0 Å². The molecule has 2 aliphatic rings. The first-order valence-corrected chi connectivity index (χ1v) is 6.41. The summed E-state index contributed by atoms with van der Waals surface area (Å²) in [4.78, 5) is 0. The summed E-state index contributed by atoms with van der Waals surface area (Å²) in [6.45, 7) is 3.26. The Kier molecular flexibility index (Phi) is 5.55. The second-order valence-electron chi connectivity index (χ2n) is 4.33. The first kappa shape index (κ1) is 12.3. The number of ether oxygens (including phenoxy) is 4. The Morgan fingerprint density at radius 2 is 1.31 bits per heavy atom. The van der Waals surface area contributed by atoms with Gasteiger partial charge >= 0.3 is 0 Å². The van der Waals surface area contributed by atoms with Crippen molar-refractivity contribution in [1.82, 2.24) is 0 Å². The van der Waals surface area contributed by atoms with Crippen molar-refractivity contribution in [2.75, 3.05) is 26.4 Å². The van der Waals surface area contributed by atoms with Crippen LogP contribution in [0.3, 0.4) is 0 Å². The minimum Gasteiger partial charge on any atom is -0.353 e. The molecule has 4 heteroatoms. The van der Waals surface area contributed by atoms with Gasteiger partial charge in [-0.1, -0.05) is 0 Å². The van der Waals surface area contributed by atoms with Crippen molar-refractivity contribution >= 4 is 0 Å². The Hall–Kier alpha value is -0.160. The largest absolute Gasteiger partial charge is 0.353 e. The molecule has 2 fully saturated rings. The molecule has 2 rings (SSSR count). The number of hydrogen-bond acceptors (Lipinski definition) is 4. The fraction of sp³-hybridized carbons (Fsp3) is 1.00. The van der Waals surface area contributed by atoms with Gasteiger partial charge in [-0.05, 0) is 25.7 Å².